The molecule has 0 atom stereocenters. The van der Waals surface area contributed by atoms with Gasteiger partial charge in [0.05, 0.1) is 5.69 Å². The van der Waals surface area contributed by atoms with Crippen molar-refractivity contribution >= 4 is 23.2 Å². The number of furan rings is 1. The first-order valence-corrected chi connectivity index (χ1v) is 8.70. The molecule has 0 spiro atoms. The largest absolute Gasteiger partial charge is 0.449 e. The van der Waals surface area contributed by atoms with Crippen molar-refractivity contribution in [3.8, 4) is 11.3 Å². The van der Waals surface area contributed by atoms with Crippen LogP contribution in [-0.4, -0.2) is 20.4 Å². The van der Waals surface area contributed by atoms with Crippen LogP contribution in [0.3, 0.4) is 0 Å². The zero-order valence-corrected chi connectivity index (χ0v) is 15.1. The van der Waals surface area contributed by atoms with E-state index >= 15 is 0 Å². The summed E-state index contributed by atoms with van der Waals surface area (Å²) in [5, 5.41) is 11.6. The highest BCUT2D eigenvalue weighted by molar-refractivity contribution is 6.28. The summed E-state index contributed by atoms with van der Waals surface area (Å²) in [5.74, 6) is 1.53. The predicted molar refractivity (Wildman–Crippen MR) is 104 cm³/mol. The van der Waals surface area contributed by atoms with Crippen molar-refractivity contribution < 1.29 is 4.42 Å². The molecule has 0 aliphatic heterocycles. The van der Waals surface area contributed by atoms with Gasteiger partial charge in [-0.25, -0.2) is 4.98 Å². The van der Waals surface area contributed by atoms with E-state index in [1.54, 1.807) is 18.2 Å². The Hall–Kier alpha value is -3.32. The third kappa shape index (κ3) is 3.78. The summed E-state index contributed by atoms with van der Waals surface area (Å²) in [6, 6.07) is 15.4. The number of benzene rings is 1. The fourth-order valence-electron chi connectivity index (χ4n) is 2.90. The SMILES string of the molecule is Nc1ccc(-c2n[nH]nc2Cc2ccc(Cc3ccc(Cl)o3)cc2)c(N)n1. The smallest absolute Gasteiger partial charge is 0.193 e. The van der Waals surface area contributed by atoms with Crippen LogP contribution in [0.1, 0.15) is 22.6 Å². The minimum atomic E-state index is 0.331. The normalized spacial score (nSPS) is 11.0. The number of rotatable bonds is 5. The maximum absolute atomic E-state index is 5.98. The molecule has 0 fully saturated rings. The van der Waals surface area contributed by atoms with Crippen LogP contribution in [0.15, 0.2) is 52.9 Å². The number of halogens is 1. The molecule has 4 rings (SSSR count). The molecule has 3 aromatic heterocycles. The van der Waals surface area contributed by atoms with Crippen molar-refractivity contribution in [1.82, 2.24) is 20.4 Å². The molecule has 0 unspecified atom stereocenters. The third-order valence-corrected chi connectivity index (χ3v) is 4.43. The Bertz CT molecular complexity index is 1070. The Labute approximate surface area is 160 Å². The van der Waals surface area contributed by atoms with E-state index in [0.29, 0.717) is 41.0 Å². The Kier molecular flexibility index (Phi) is 4.52. The molecule has 27 heavy (non-hydrogen) atoms. The lowest BCUT2D eigenvalue weighted by Gasteiger charge is -2.06. The molecule has 1 aromatic carbocycles. The Morgan fingerprint density at radius 1 is 0.889 bits per heavy atom. The molecule has 8 heteroatoms. The fourth-order valence-corrected chi connectivity index (χ4v) is 3.06. The summed E-state index contributed by atoms with van der Waals surface area (Å²) >= 11 is 5.81. The van der Waals surface area contributed by atoms with E-state index in [-0.39, 0.29) is 0 Å². The number of aromatic amines is 1. The number of anilines is 2. The highest BCUT2D eigenvalue weighted by atomic mass is 35.5. The van der Waals surface area contributed by atoms with Crippen molar-refractivity contribution in [3.05, 3.63) is 76.3 Å². The second-order valence-electron chi connectivity index (χ2n) is 6.16. The first-order valence-electron chi connectivity index (χ1n) is 8.32. The number of hydrogen-bond donors (Lipinski definition) is 3. The lowest BCUT2D eigenvalue weighted by Crippen LogP contribution is -2.00. The zero-order chi connectivity index (χ0) is 18.8. The number of H-pyrrole nitrogens is 1. The third-order valence-electron chi connectivity index (χ3n) is 4.22. The quantitative estimate of drug-likeness (QED) is 0.487. The average molecular weight is 381 g/mol. The maximum atomic E-state index is 5.98. The lowest BCUT2D eigenvalue weighted by atomic mass is 10.0. The molecule has 3 heterocycles. The van der Waals surface area contributed by atoms with Gasteiger partial charge in [0, 0.05) is 18.4 Å². The van der Waals surface area contributed by atoms with Gasteiger partial charge in [-0.05, 0) is 47.0 Å². The van der Waals surface area contributed by atoms with Crippen LogP contribution in [0.2, 0.25) is 5.22 Å². The number of nitrogens with one attached hydrogen (secondary N) is 1. The average Bonchev–Trinajstić information content (AvgIpc) is 3.26. The van der Waals surface area contributed by atoms with Crippen molar-refractivity contribution in [2.75, 3.05) is 11.5 Å². The molecular weight excluding hydrogens is 364 g/mol. The highest BCUT2D eigenvalue weighted by Gasteiger charge is 2.14. The van der Waals surface area contributed by atoms with Crippen LogP contribution < -0.4 is 11.5 Å². The monoisotopic (exact) mass is 380 g/mol. The summed E-state index contributed by atoms with van der Waals surface area (Å²) in [4.78, 5) is 4.09. The number of pyridine rings is 1. The Morgan fingerprint density at radius 3 is 2.30 bits per heavy atom. The number of nitrogen functional groups attached to an aromatic ring is 2. The van der Waals surface area contributed by atoms with Gasteiger partial charge >= 0.3 is 0 Å². The molecule has 0 amide bonds. The molecule has 136 valence electrons. The lowest BCUT2D eigenvalue weighted by molar-refractivity contribution is 0.523. The van der Waals surface area contributed by atoms with E-state index in [1.807, 2.05) is 6.07 Å². The number of nitrogens with two attached hydrogens (primary N) is 2. The van der Waals surface area contributed by atoms with E-state index in [0.717, 1.165) is 22.6 Å². The first kappa shape index (κ1) is 17.1. The van der Waals surface area contributed by atoms with Crippen molar-refractivity contribution in [2.45, 2.75) is 12.8 Å². The van der Waals surface area contributed by atoms with E-state index in [2.05, 4.69) is 44.7 Å². The van der Waals surface area contributed by atoms with Gasteiger partial charge in [-0.3, -0.25) is 0 Å². The highest BCUT2D eigenvalue weighted by Crippen LogP contribution is 2.27. The van der Waals surface area contributed by atoms with Crippen molar-refractivity contribution in [1.29, 1.82) is 0 Å². The Morgan fingerprint density at radius 2 is 1.63 bits per heavy atom. The number of nitrogens with zero attached hydrogens (tertiary/aromatic N) is 3. The molecule has 5 N–H and O–H groups in total. The van der Waals surface area contributed by atoms with Gasteiger partial charge in [0.25, 0.3) is 0 Å². The topological polar surface area (TPSA) is 120 Å². The molecule has 0 aliphatic carbocycles. The van der Waals surface area contributed by atoms with Gasteiger partial charge in [0.1, 0.15) is 23.1 Å². The second kappa shape index (κ2) is 7.13. The summed E-state index contributed by atoms with van der Waals surface area (Å²) in [5.41, 5.74) is 16.1. The van der Waals surface area contributed by atoms with Crippen LogP contribution in [0.25, 0.3) is 11.3 Å². The van der Waals surface area contributed by atoms with Crippen LogP contribution >= 0.6 is 11.6 Å². The van der Waals surface area contributed by atoms with Gasteiger partial charge < -0.3 is 15.9 Å². The second-order valence-corrected chi connectivity index (χ2v) is 6.54. The molecule has 0 radical (unpaired) electrons. The molecule has 4 aromatic rings. The minimum Gasteiger partial charge on any atom is -0.449 e. The molecule has 0 aliphatic rings. The fraction of sp³-hybridized carbons (Fsp3) is 0.105. The van der Waals surface area contributed by atoms with Gasteiger partial charge in [0.2, 0.25) is 0 Å². The number of aromatic nitrogens is 4. The van der Waals surface area contributed by atoms with Gasteiger partial charge in [-0.15, -0.1) is 0 Å². The molecule has 0 bridgehead atoms. The van der Waals surface area contributed by atoms with Gasteiger partial charge in [-0.2, -0.15) is 15.4 Å². The minimum absolute atomic E-state index is 0.331. The van der Waals surface area contributed by atoms with Crippen LogP contribution in [-0.2, 0) is 12.8 Å². The van der Waals surface area contributed by atoms with Crippen molar-refractivity contribution in [3.63, 3.8) is 0 Å². The summed E-state index contributed by atoms with van der Waals surface area (Å²) in [7, 11) is 0. The summed E-state index contributed by atoms with van der Waals surface area (Å²) in [6.07, 6.45) is 1.30. The Balaban J connectivity index is 1.52. The molecular formula is C19H17ClN6O. The molecule has 7 nitrogen and oxygen atoms in total. The maximum Gasteiger partial charge on any atom is 0.193 e. The summed E-state index contributed by atoms with van der Waals surface area (Å²) in [6.45, 7) is 0. The van der Waals surface area contributed by atoms with Crippen LogP contribution in [0.5, 0.6) is 0 Å². The van der Waals surface area contributed by atoms with E-state index in [9.17, 15) is 0 Å². The number of hydrogen-bond acceptors (Lipinski definition) is 6. The molecule has 0 saturated carbocycles. The van der Waals surface area contributed by atoms with Crippen LogP contribution in [0.4, 0.5) is 11.6 Å². The first-order chi connectivity index (χ1) is 13.1. The molecule has 0 saturated heterocycles. The zero-order valence-electron chi connectivity index (χ0n) is 14.3. The van der Waals surface area contributed by atoms with Gasteiger partial charge in [-0.1, -0.05) is 24.3 Å². The van der Waals surface area contributed by atoms with E-state index in [1.165, 1.54) is 0 Å². The van der Waals surface area contributed by atoms with Gasteiger partial charge in [0.15, 0.2) is 5.22 Å². The standard InChI is InChI=1S/C19H17ClN6O/c20-16-7-5-13(27-16)9-11-1-3-12(4-2-11)10-15-18(25-26-24-15)14-6-8-17(21)23-19(14)22/h1-8H,9-10H2,(H4,21,22,23)(H,24,25,26). The predicted octanol–water partition coefficient (Wildman–Crippen LogP) is 3.46. The van der Waals surface area contributed by atoms with Crippen LogP contribution in [0, 0.1) is 0 Å². The van der Waals surface area contributed by atoms with E-state index in [4.69, 9.17) is 27.5 Å². The summed E-state index contributed by atoms with van der Waals surface area (Å²) < 4.78 is 5.40. The van der Waals surface area contributed by atoms with Crippen molar-refractivity contribution in [2.24, 2.45) is 0 Å². The van der Waals surface area contributed by atoms with E-state index < -0.39 is 0 Å².